The maximum Gasteiger partial charge on any atom is 0.148 e. The van der Waals surface area contributed by atoms with Crippen molar-refractivity contribution in [3.63, 3.8) is 0 Å². The van der Waals surface area contributed by atoms with Gasteiger partial charge in [0.25, 0.3) is 0 Å². The van der Waals surface area contributed by atoms with E-state index in [1.165, 1.54) is 0 Å². The fourth-order valence-electron chi connectivity index (χ4n) is 0.777. The molecule has 1 N–H and O–H groups in total. The highest BCUT2D eigenvalue weighted by molar-refractivity contribution is 9.10. The molecule has 1 aromatic carbocycles. The summed E-state index contributed by atoms with van der Waals surface area (Å²) in [6.45, 7) is -0.457. The van der Waals surface area contributed by atoms with Gasteiger partial charge < -0.3 is 5.11 Å². The molecular formula is C8H8BrFO. The zero-order valence-electron chi connectivity index (χ0n) is 5.80. The van der Waals surface area contributed by atoms with E-state index in [2.05, 4.69) is 15.9 Å². The van der Waals surface area contributed by atoms with E-state index in [0.717, 1.165) is 4.47 Å². The van der Waals surface area contributed by atoms with Gasteiger partial charge in [-0.2, -0.15) is 0 Å². The first-order valence-electron chi connectivity index (χ1n) is 3.24. The van der Waals surface area contributed by atoms with Crippen molar-refractivity contribution in [1.82, 2.24) is 0 Å². The van der Waals surface area contributed by atoms with E-state index < -0.39 is 12.8 Å². The van der Waals surface area contributed by atoms with E-state index >= 15 is 0 Å². The smallest absolute Gasteiger partial charge is 0.148 e. The van der Waals surface area contributed by atoms with Gasteiger partial charge in [-0.1, -0.05) is 28.1 Å². The molecule has 0 bridgehead atoms. The molecule has 0 unspecified atom stereocenters. The molecule has 0 saturated carbocycles. The van der Waals surface area contributed by atoms with Crippen LogP contribution in [0.25, 0.3) is 0 Å². The average molecular weight is 219 g/mol. The fraction of sp³-hybridized carbons (Fsp3) is 0.250. The number of hydrogen-bond donors (Lipinski definition) is 1. The number of aliphatic hydroxyl groups is 1. The van der Waals surface area contributed by atoms with Gasteiger partial charge >= 0.3 is 0 Å². The number of benzene rings is 1. The molecule has 3 heteroatoms. The topological polar surface area (TPSA) is 20.2 Å². The van der Waals surface area contributed by atoms with Gasteiger partial charge in [-0.05, 0) is 17.7 Å². The lowest BCUT2D eigenvalue weighted by atomic mass is 10.1. The molecule has 60 valence electrons. The van der Waals surface area contributed by atoms with Crippen molar-refractivity contribution in [2.45, 2.75) is 6.17 Å². The van der Waals surface area contributed by atoms with Crippen LogP contribution in [0.15, 0.2) is 28.7 Å². The largest absolute Gasteiger partial charge is 0.393 e. The minimum absolute atomic E-state index is 0.457. The molecule has 0 aromatic heterocycles. The van der Waals surface area contributed by atoms with Gasteiger partial charge in [0, 0.05) is 4.47 Å². The molecule has 0 heterocycles. The summed E-state index contributed by atoms with van der Waals surface area (Å²) in [5, 5.41) is 8.47. The van der Waals surface area contributed by atoms with E-state index in [0.29, 0.717) is 5.56 Å². The maximum atomic E-state index is 12.7. The van der Waals surface area contributed by atoms with Crippen molar-refractivity contribution in [3.8, 4) is 0 Å². The Kier molecular flexibility index (Phi) is 3.02. The molecule has 0 aliphatic heterocycles. The zero-order valence-corrected chi connectivity index (χ0v) is 7.38. The number of alkyl halides is 1. The van der Waals surface area contributed by atoms with Gasteiger partial charge in [0.05, 0.1) is 6.61 Å². The minimum atomic E-state index is -1.26. The van der Waals surface area contributed by atoms with Crippen LogP contribution in [0.3, 0.4) is 0 Å². The van der Waals surface area contributed by atoms with E-state index in [4.69, 9.17) is 5.11 Å². The fourth-order valence-corrected chi connectivity index (χ4v) is 1.04. The molecule has 0 fully saturated rings. The molecule has 11 heavy (non-hydrogen) atoms. The maximum absolute atomic E-state index is 12.7. The van der Waals surface area contributed by atoms with E-state index in [1.54, 1.807) is 24.3 Å². The third-order valence-corrected chi connectivity index (χ3v) is 1.92. The van der Waals surface area contributed by atoms with Crippen molar-refractivity contribution < 1.29 is 9.50 Å². The van der Waals surface area contributed by atoms with Crippen LogP contribution in [0, 0.1) is 0 Å². The van der Waals surface area contributed by atoms with Gasteiger partial charge in [0.15, 0.2) is 0 Å². The lowest BCUT2D eigenvalue weighted by Gasteiger charge is -2.03. The Hall–Kier alpha value is -0.410. The predicted molar refractivity (Wildman–Crippen MR) is 45.1 cm³/mol. The summed E-state index contributed by atoms with van der Waals surface area (Å²) >= 11 is 3.23. The van der Waals surface area contributed by atoms with Crippen LogP contribution in [0.1, 0.15) is 11.7 Å². The van der Waals surface area contributed by atoms with Gasteiger partial charge in [-0.3, -0.25) is 0 Å². The first-order valence-corrected chi connectivity index (χ1v) is 4.03. The number of aliphatic hydroxyl groups excluding tert-OH is 1. The average Bonchev–Trinajstić information content (AvgIpc) is 2.05. The van der Waals surface area contributed by atoms with Crippen LogP contribution in [0.4, 0.5) is 4.39 Å². The first-order chi connectivity index (χ1) is 5.24. The number of hydrogen-bond acceptors (Lipinski definition) is 1. The zero-order chi connectivity index (χ0) is 8.27. The summed E-state index contributed by atoms with van der Waals surface area (Å²) in [6.07, 6.45) is -1.26. The number of halogens is 2. The third kappa shape index (κ3) is 2.27. The quantitative estimate of drug-likeness (QED) is 0.809. The molecular weight excluding hydrogens is 211 g/mol. The lowest BCUT2D eigenvalue weighted by Crippen LogP contribution is -1.95. The van der Waals surface area contributed by atoms with Crippen LogP contribution in [0.5, 0.6) is 0 Å². The molecule has 0 spiro atoms. The summed E-state index contributed by atoms with van der Waals surface area (Å²) in [5.41, 5.74) is 0.510. The highest BCUT2D eigenvalue weighted by atomic mass is 79.9. The van der Waals surface area contributed by atoms with Crippen molar-refractivity contribution in [3.05, 3.63) is 34.3 Å². The Morgan fingerprint density at radius 1 is 1.36 bits per heavy atom. The van der Waals surface area contributed by atoms with Crippen molar-refractivity contribution in [1.29, 1.82) is 0 Å². The van der Waals surface area contributed by atoms with E-state index in [1.807, 2.05) is 0 Å². The molecule has 1 atom stereocenters. The van der Waals surface area contributed by atoms with Crippen molar-refractivity contribution in [2.75, 3.05) is 6.61 Å². The Balaban J connectivity index is 2.81. The second-order valence-corrected chi connectivity index (χ2v) is 3.12. The summed E-state index contributed by atoms with van der Waals surface area (Å²) < 4.78 is 13.6. The molecule has 0 aliphatic rings. The summed E-state index contributed by atoms with van der Waals surface area (Å²) in [7, 11) is 0. The normalized spacial score (nSPS) is 13.0. The SMILES string of the molecule is OC[C@@H](F)c1ccc(Br)cc1. The molecule has 0 saturated heterocycles. The molecule has 1 nitrogen and oxygen atoms in total. The third-order valence-electron chi connectivity index (χ3n) is 1.39. The summed E-state index contributed by atoms with van der Waals surface area (Å²) in [5.74, 6) is 0. The highest BCUT2D eigenvalue weighted by Crippen LogP contribution is 2.18. The van der Waals surface area contributed by atoms with Crippen LogP contribution in [0.2, 0.25) is 0 Å². The Morgan fingerprint density at radius 3 is 2.36 bits per heavy atom. The van der Waals surface area contributed by atoms with Gasteiger partial charge in [0.1, 0.15) is 6.17 Å². The monoisotopic (exact) mass is 218 g/mol. The van der Waals surface area contributed by atoms with Crippen molar-refractivity contribution in [2.24, 2.45) is 0 Å². The number of rotatable bonds is 2. The second kappa shape index (κ2) is 3.83. The Labute approximate surface area is 73.0 Å². The van der Waals surface area contributed by atoms with Crippen LogP contribution in [-0.2, 0) is 0 Å². The second-order valence-electron chi connectivity index (χ2n) is 2.20. The van der Waals surface area contributed by atoms with Crippen LogP contribution in [-0.4, -0.2) is 11.7 Å². The van der Waals surface area contributed by atoms with Crippen LogP contribution >= 0.6 is 15.9 Å². The predicted octanol–water partition coefficient (Wildman–Crippen LogP) is 2.45. The van der Waals surface area contributed by atoms with E-state index in [-0.39, 0.29) is 0 Å². The molecule has 1 aromatic rings. The van der Waals surface area contributed by atoms with E-state index in [9.17, 15) is 4.39 Å². The minimum Gasteiger partial charge on any atom is -0.393 e. The van der Waals surface area contributed by atoms with Crippen molar-refractivity contribution >= 4 is 15.9 Å². The van der Waals surface area contributed by atoms with Gasteiger partial charge in [-0.25, -0.2) is 4.39 Å². The highest BCUT2D eigenvalue weighted by Gasteiger charge is 2.06. The van der Waals surface area contributed by atoms with Crippen LogP contribution < -0.4 is 0 Å². The standard InChI is InChI=1S/C8H8BrFO/c9-7-3-1-6(2-4-7)8(10)5-11/h1-4,8,11H,5H2/t8-/m1/s1. The molecule has 0 aliphatic carbocycles. The van der Waals surface area contributed by atoms with Gasteiger partial charge in [0.2, 0.25) is 0 Å². The Bertz CT molecular complexity index is 222. The van der Waals surface area contributed by atoms with Gasteiger partial charge in [-0.15, -0.1) is 0 Å². The molecule has 1 rings (SSSR count). The summed E-state index contributed by atoms with van der Waals surface area (Å²) in [4.78, 5) is 0. The Morgan fingerprint density at radius 2 is 1.91 bits per heavy atom. The summed E-state index contributed by atoms with van der Waals surface area (Å²) in [6, 6.07) is 6.78. The lowest BCUT2D eigenvalue weighted by molar-refractivity contribution is 0.180. The first kappa shape index (κ1) is 8.68. The molecule has 0 radical (unpaired) electrons. The molecule has 0 amide bonds.